The van der Waals surface area contributed by atoms with Crippen molar-refractivity contribution in [3.8, 4) is 5.75 Å². The molecule has 0 saturated carbocycles. The average molecular weight is 358 g/mol. The fraction of sp³-hybridized carbons (Fsp3) is 0.529. The van der Waals surface area contributed by atoms with Crippen LogP contribution >= 0.6 is 12.4 Å². The molecule has 0 aliphatic heterocycles. The van der Waals surface area contributed by atoms with Crippen LogP contribution in [-0.4, -0.2) is 38.1 Å². The Morgan fingerprint density at radius 2 is 1.92 bits per heavy atom. The van der Waals surface area contributed by atoms with Crippen LogP contribution in [0.1, 0.15) is 25.0 Å². The van der Waals surface area contributed by atoms with Gasteiger partial charge in [0.15, 0.2) is 0 Å². The highest BCUT2D eigenvalue weighted by Gasteiger charge is 2.17. The number of carbonyl (C=O) groups excluding carboxylic acids is 2. The fourth-order valence-electron chi connectivity index (χ4n) is 2.02. The first-order chi connectivity index (χ1) is 10.8. The van der Waals surface area contributed by atoms with Gasteiger partial charge in [0.05, 0.1) is 19.7 Å². The van der Waals surface area contributed by atoms with Crippen molar-refractivity contribution in [2.75, 3.05) is 20.2 Å². The number of nitrogens with one attached hydrogen (secondary N) is 2. The van der Waals surface area contributed by atoms with Crippen LogP contribution in [0.4, 0.5) is 0 Å². The molecule has 0 aliphatic carbocycles. The summed E-state index contributed by atoms with van der Waals surface area (Å²) in [7, 11) is 1.64. The summed E-state index contributed by atoms with van der Waals surface area (Å²) in [6.07, 6.45) is 0.696. The maximum atomic E-state index is 11.7. The summed E-state index contributed by atoms with van der Waals surface area (Å²) < 4.78 is 5.27. The fourth-order valence-corrected chi connectivity index (χ4v) is 2.02. The molecule has 6 nitrogen and oxygen atoms in total. The number of benzene rings is 1. The molecule has 0 heterocycles. The molecule has 1 aromatic rings. The predicted molar refractivity (Wildman–Crippen MR) is 97.5 cm³/mol. The number of rotatable bonds is 8. The standard InChI is InChI=1S/C17H27N3O3.ClH/c1-11(2)16(18)17(22)20-10-15(21)19-8-7-13-6-5-12(3)14(9-13)23-4;/h5-6,9,11,16H,7-8,10,18H2,1-4H3,(H,19,21)(H,20,22);1H/t16-;/m0./s1. The molecule has 0 bridgehead atoms. The minimum atomic E-state index is -0.595. The van der Waals surface area contributed by atoms with Crippen molar-refractivity contribution in [3.05, 3.63) is 29.3 Å². The lowest BCUT2D eigenvalue weighted by Gasteiger charge is -2.15. The van der Waals surface area contributed by atoms with E-state index in [1.807, 2.05) is 39.0 Å². The average Bonchev–Trinajstić information content (AvgIpc) is 2.53. The zero-order valence-corrected chi connectivity index (χ0v) is 15.5. The summed E-state index contributed by atoms with van der Waals surface area (Å²) in [6.45, 7) is 6.14. The van der Waals surface area contributed by atoms with Gasteiger partial charge in [-0.2, -0.15) is 0 Å². The third kappa shape index (κ3) is 7.19. The van der Waals surface area contributed by atoms with Gasteiger partial charge >= 0.3 is 0 Å². The molecule has 136 valence electrons. The van der Waals surface area contributed by atoms with Gasteiger partial charge in [-0.3, -0.25) is 9.59 Å². The molecule has 24 heavy (non-hydrogen) atoms. The smallest absolute Gasteiger partial charge is 0.239 e. The molecule has 0 aliphatic rings. The van der Waals surface area contributed by atoms with Gasteiger partial charge < -0.3 is 21.1 Å². The highest BCUT2D eigenvalue weighted by molar-refractivity contribution is 5.87. The van der Waals surface area contributed by atoms with Gasteiger partial charge in [-0.15, -0.1) is 12.4 Å². The van der Waals surface area contributed by atoms with E-state index < -0.39 is 6.04 Å². The molecule has 0 radical (unpaired) electrons. The summed E-state index contributed by atoms with van der Waals surface area (Å²) in [5.41, 5.74) is 7.86. The molecule has 1 aromatic carbocycles. The van der Waals surface area contributed by atoms with E-state index in [0.717, 1.165) is 16.9 Å². The second kappa shape index (κ2) is 10.9. The van der Waals surface area contributed by atoms with Gasteiger partial charge in [-0.05, 0) is 36.5 Å². The van der Waals surface area contributed by atoms with Crippen LogP contribution < -0.4 is 21.1 Å². The monoisotopic (exact) mass is 357 g/mol. The lowest BCUT2D eigenvalue weighted by Crippen LogP contribution is -2.47. The van der Waals surface area contributed by atoms with E-state index in [2.05, 4.69) is 10.6 Å². The maximum absolute atomic E-state index is 11.7. The Hall–Kier alpha value is -1.79. The van der Waals surface area contributed by atoms with Crippen LogP contribution in [0.2, 0.25) is 0 Å². The van der Waals surface area contributed by atoms with Crippen molar-refractivity contribution in [1.29, 1.82) is 0 Å². The van der Waals surface area contributed by atoms with E-state index in [0.29, 0.717) is 13.0 Å². The minimum absolute atomic E-state index is 0. The molecule has 0 aromatic heterocycles. The van der Waals surface area contributed by atoms with E-state index >= 15 is 0 Å². The van der Waals surface area contributed by atoms with Crippen molar-refractivity contribution < 1.29 is 14.3 Å². The lowest BCUT2D eigenvalue weighted by atomic mass is 10.1. The Labute approximate surface area is 149 Å². The molecule has 0 unspecified atom stereocenters. The Kier molecular flexibility index (Phi) is 10.1. The largest absolute Gasteiger partial charge is 0.496 e. The Morgan fingerprint density at radius 3 is 2.50 bits per heavy atom. The van der Waals surface area contributed by atoms with Crippen LogP contribution in [0.25, 0.3) is 0 Å². The van der Waals surface area contributed by atoms with Gasteiger partial charge in [0, 0.05) is 6.54 Å². The van der Waals surface area contributed by atoms with Crippen LogP contribution in [0.5, 0.6) is 5.75 Å². The van der Waals surface area contributed by atoms with Crippen molar-refractivity contribution in [3.63, 3.8) is 0 Å². The second-order valence-electron chi connectivity index (χ2n) is 5.89. The molecule has 0 spiro atoms. The van der Waals surface area contributed by atoms with Crippen molar-refractivity contribution in [2.24, 2.45) is 11.7 Å². The van der Waals surface area contributed by atoms with E-state index in [1.54, 1.807) is 7.11 Å². The number of hydrogen-bond acceptors (Lipinski definition) is 4. The number of carbonyl (C=O) groups is 2. The SMILES string of the molecule is COc1cc(CCNC(=O)CNC(=O)[C@@H](N)C(C)C)ccc1C.Cl. The first kappa shape index (κ1) is 22.2. The summed E-state index contributed by atoms with van der Waals surface area (Å²) in [5.74, 6) is 0.338. The van der Waals surface area contributed by atoms with Crippen molar-refractivity contribution >= 4 is 24.2 Å². The van der Waals surface area contributed by atoms with Crippen LogP contribution in [-0.2, 0) is 16.0 Å². The molecule has 0 saturated heterocycles. The number of aryl methyl sites for hydroxylation is 1. The first-order valence-corrected chi connectivity index (χ1v) is 7.78. The number of ether oxygens (including phenoxy) is 1. The van der Waals surface area contributed by atoms with Crippen LogP contribution in [0.15, 0.2) is 18.2 Å². The van der Waals surface area contributed by atoms with E-state index in [4.69, 9.17) is 10.5 Å². The predicted octanol–water partition coefficient (Wildman–Crippen LogP) is 1.18. The number of hydrogen-bond donors (Lipinski definition) is 3. The highest BCUT2D eigenvalue weighted by Crippen LogP contribution is 2.18. The molecular weight excluding hydrogens is 330 g/mol. The third-order valence-corrected chi connectivity index (χ3v) is 3.65. The van der Waals surface area contributed by atoms with Gasteiger partial charge in [-0.1, -0.05) is 26.0 Å². The van der Waals surface area contributed by atoms with Crippen molar-refractivity contribution in [1.82, 2.24) is 10.6 Å². The molecular formula is C17H28ClN3O3. The first-order valence-electron chi connectivity index (χ1n) is 7.78. The number of nitrogens with two attached hydrogens (primary N) is 1. The van der Waals surface area contributed by atoms with Crippen molar-refractivity contribution in [2.45, 2.75) is 33.2 Å². The van der Waals surface area contributed by atoms with E-state index in [9.17, 15) is 9.59 Å². The topological polar surface area (TPSA) is 93.5 Å². The highest BCUT2D eigenvalue weighted by atomic mass is 35.5. The van der Waals surface area contributed by atoms with Gasteiger partial charge in [-0.25, -0.2) is 0 Å². The molecule has 4 N–H and O–H groups in total. The Bertz CT molecular complexity index is 550. The van der Waals surface area contributed by atoms with Gasteiger partial charge in [0.2, 0.25) is 11.8 Å². The zero-order valence-electron chi connectivity index (χ0n) is 14.7. The number of halogens is 1. The third-order valence-electron chi connectivity index (χ3n) is 3.65. The Balaban J connectivity index is 0.00000529. The number of amides is 2. The molecule has 0 fully saturated rings. The summed E-state index contributed by atoms with van der Waals surface area (Å²) >= 11 is 0. The van der Waals surface area contributed by atoms with Crippen LogP contribution in [0.3, 0.4) is 0 Å². The minimum Gasteiger partial charge on any atom is -0.496 e. The zero-order chi connectivity index (χ0) is 17.4. The summed E-state index contributed by atoms with van der Waals surface area (Å²) in [5, 5.41) is 5.31. The lowest BCUT2D eigenvalue weighted by molar-refractivity contribution is -0.127. The maximum Gasteiger partial charge on any atom is 0.239 e. The van der Waals surface area contributed by atoms with E-state index in [1.165, 1.54) is 0 Å². The van der Waals surface area contributed by atoms with Gasteiger partial charge in [0.1, 0.15) is 5.75 Å². The van der Waals surface area contributed by atoms with E-state index in [-0.39, 0.29) is 36.7 Å². The molecule has 1 rings (SSSR count). The normalized spacial score (nSPS) is 11.4. The second-order valence-corrected chi connectivity index (χ2v) is 5.89. The van der Waals surface area contributed by atoms with Gasteiger partial charge in [0.25, 0.3) is 0 Å². The Morgan fingerprint density at radius 1 is 1.25 bits per heavy atom. The summed E-state index contributed by atoms with van der Waals surface area (Å²) in [6, 6.07) is 5.37. The molecule has 2 amide bonds. The quantitative estimate of drug-likeness (QED) is 0.651. The summed E-state index contributed by atoms with van der Waals surface area (Å²) in [4.78, 5) is 23.4. The van der Waals surface area contributed by atoms with Crippen LogP contribution in [0, 0.1) is 12.8 Å². The molecule has 7 heteroatoms. The molecule has 1 atom stereocenters. The number of methoxy groups -OCH3 is 1.